The van der Waals surface area contributed by atoms with E-state index in [0.717, 1.165) is 0 Å². The molecule has 0 unspecified atom stereocenters. The van der Waals surface area contributed by atoms with Gasteiger partial charge in [0, 0.05) is 18.1 Å². The van der Waals surface area contributed by atoms with Gasteiger partial charge in [0.2, 0.25) is 0 Å². The average Bonchev–Trinajstić information content (AvgIpc) is 2.01. The summed E-state index contributed by atoms with van der Waals surface area (Å²) in [5.74, 6) is 0.00680. The van der Waals surface area contributed by atoms with Gasteiger partial charge in [-0.25, -0.2) is 0 Å². The average molecular weight is 166 g/mol. The molecule has 0 heterocycles. The van der Waals surface area contributed by atoms with E-state index in [1.54, 1.807) is 13.0 Å². The molecule has 0 aliphatic heterocycles. The smallest absolute Gasteiger partial charge is 0.124 e. The molecule has 0 saturated carbocycles. The molecular weight excluding hydrogens is 156 g/mol. The zero-order chi connectivity index (χ0) is 9.14. The molecule has 0 aliphatic rings. The highest BCUT2D eigenvalue weighted by atomic mass is 16.3. The van der Waals surface area contributed by atoms with Crippen LogP contribution in [0.3, 0.4) is 0 Å². The van der Waals surface area contributed by atoms with Crippen molar-refractivity contribution in [2.24, 2.45) is 0 Å². The van der Waals surface area contributed by atoms with Gasteiger partial charge in [0.15, 0.2) is 0 Å². The van der Waals surface area contributed by atoms with Gasteiger partial charge in [-0.1, -0.05) is 0 Å². The van der Waals surface area contributed by atoms with Crippen molar-refractivity contribution in [1.29, 1.82) is 0 Å². The number of rotatable bonds is 2. The predicted octanol–water partition coefficient (Wildman–Crippen LogP) is 1.15. The Morgan fingerprint density at radius 3 is 2.58 bits per heavy atom. The first-order valence-electron chi connectivity index (χ1n) is 3.60. The van der Waals surface area contributed by atoms with Gasteiger partial charge in [-0.3, -0.25) is 0 Å². The van der Waals surface area contributed by atoms with Crippen LogP contribution >= 0.6 is 0 Å². The first-order chi connectivity index (χ1) is 5.65. The monoisotopic (exact) mass is 166 g/mol. The van der Waals surface area contributed by atoms with Gasteiger partial charge in [0.05, 0.1) is 0 Å². The lowest BCUT2D eigenvalue weighted by atomic mass is 10.1. The summed E-state index contributed by atoms with van der Waals surface area (Å²) in [4.78, 5) is 10.1. The predicted molar refractivity (Wildman–Crippen MR) is 44.3 cm³/mol. The molecule has 64 valence electrons. The van der Waals surface area contributed by atoms with Crippen molar-refractivity contribution in [3.05, 3.63) is 23.3 Å². The Morgan fingerprint density at radius 1 is 1.33 bits per heavy atom. The quantitative estimate of drug-likeness (QED) is 0.648. The highest BCUT2D eigenvalue weighted by molar-refractivity contribution is 5.59. The molecule has 0 aromatic heterocycles. The molecule has 1 aromatic rings. The maximum absolute atomic E-state index is 10.1. The van der Waals surface area contributed by atoms with Crippen molar-refractivity contribution in [2.75, 3.05) is 0 Å². The summed E-state index contributed by atoms with van der Waals surface area (Å²) < 4.78 is 0. The number of phenols is 2. The molecule has 0 atom stereocenters. The van der Waals surface area contributed by atoms with Crippen LogP contribution in [0.15, 0.2) is 12.1 Å². The summed E-state index contributed by atoms with van der Waals surface area (Å²) in [6.45, 7) is 1.71. The van der Waals surface area contributed by atoms with Crippen LogP contribution in [0.1, 0.15) is 11.1 Å². The third kappa shape index (κ3) is 1.56. The van der Waals surface area contributed by atoms with Crippen LogP contribution in [0.4, 0.5) is 0 Å². The number of aldehydes is 1. The molecule has 3 heteroatoms. The second-order valence-corrected chi connectivity index (χ2v) is 2.64. The van der Waals surface area contributed by atoms with E-state index in [4.69, 9.17) is 5.11 Å². The van der Waals surface area contributed by atoms with Crippen LogP contribution in [0.5, 0.6) is 11.5 Å². The molecule has 0 radical (unpaired) electrons. The second-order valence-electron chi connectivity index (χ2n) is 2.64. The van der Waals surface area contributed by atoms with E-state index in [2.05, 4.69) is 0 Å². The van der Waals surface area contributed by atoms with Gasteiger partial charge in [-0.15, -0.1) is 0 Å². The summed E-state index contributed by atoms with van der Waals surface area (Å²) in [5, 5.41) is 18.4. The number of hydrogen-bond acceptors (Lipinski definition) is 3. The zero-order valence-electron chi connectivity index (χ0n) is 6.74. The van der Waals surface area contributed by atoms with E-state index >= 15 is 0 Å². The maximum Gasteiger partial charge on any atom is 0.124 e. The molecule has 0 saturated heterocycles. The fraction of sp³-hybridized carbons (Fsp3) is 0.222. The third-order valence-electron chi connectivity index (χ3n) is 1.70. The van der Waals surface area contributed by atoms with Crippen molar-refractivity contribution in [3.8, 4) is 11.5 Å². The van der Waals surface area contributed by atoms with Crippen LogP contribution in [-0.4, -0.2) is 16.5 Å². The lowest BCUT2D eigenvalue weighted by Gasteiger charge is -2.03. The van der Waals surface area contributed by atoms with E-state index in [1.165, 1.54) is 6.07 Å². The number of phenolic OH excluding ortho intramolecular Hbond substituents is 2. The first-order valence-corrected chi connectivity index (χ1v) is 3.60. The topological polar surface area (TPSA) is 57.5 Å². The first kappa shape index (κ1) is 8.59. The minimum absolute atomic E-state index is 0.0369. The summed E-state index contributed by atoms with van der Waals surface area (Å²) in [6.07, 6.45) is 0.887. The number of carbonyl (C=O) groups excluding carboxylic acids is 1. The van der Waals surface area contributed by atoms with Gasteiger partial charge in [-0.2, -0.15) is 0 Å². The van der Waals surface area contributed by atoms with Gasteiger partial charge in [0.25, 0.3) is 0 Å². The zero-order valence-corrected chi connectivity index (χ0v) is 6.74. The van der Waals surface area contributed by atoms with Crippen LogP contribution < -0.4 is 0 Å². The molecule has 2 N–H and O–H groups in total. The minimum Gasteiger partial charge on any atom is -0.508 e. The van der Waals surface area contributed by atoms with Crippen LogP contribution in [-0.2, 0) is 11.2 Å². The van der Waals surface area contributed by atoms with E-state index in [1.807, 2.05) is 0 Å². The molecule has 12 heavy (non-hydrogen) atoms. The highest BCUT2D eigenvalue weighted by Gasteiger charge is 2.04. The number of benzene rings is 1. The number of aryl methyl sites for hydroxylation is 1. The van der Waals surface area contributed by atoms with Crippen molar-refractivity contribution in [2.45, 2.75) is 13.3 Å². The van der Waals surface area contributed by atoms with Crippen molar-refractivity contribution in [1.82, 2.24) is 0 Å². The van der Waals surface area contributed by atoms with Gasteiger partial charge in [0.1, 0.15) is 17.8 Å². The molecule has 1 rings (SSSR count). The van der Waals surface area contributed by atoms with E-state index in [9.17, 15) is 9.90 Å². The Labute approximate surface area is 70.3 Å². The fourth-order valence-electron chi connectivity index (χ4n) is 0.999. The summed E-state index contributed by atoms with van der Waals surface area (Å²) in [5.41, 5.74) is 1.20. The lowest BCUT2D eigenvalue weighted by Crippen LogP contribution is -1.88. The fourth-order valence-corrected chi connectivity index (χ4v) is 0.999. The Balaban J connectivity index is 3.13. The number of hydrogen-bond donors (Lipinski definition) is 2. The van der Waals surface area contributed by atoms with Crippen molar-refractivity contribution >= 4 is 6.29 Å². The Morgan fingerprint density at radius 2 is 2.00 bits per heavy atom. The Kier molecular flexibility index (Phi) is 2.33. The molecule has 0 amide bonds. The highest BCUT2D eigenvalue weighted by Crippen LogP contribution is 2.26. The SMILES string of the molecule is Cc1cc(CC=O)c(O)cc1O. The summed E-state index contributed by atoms with van der Waals surface area (Å²) in [7, 11) is 0. The second kappa shape index (κ2) is 3.26. The van der Waals surface area contributed by atoms with Gasteiger partial charge < -0.3 is 15.0 Å². The third-order valence-corrected chi connectivity index (χ3v) is 1.70. The lowest BCUT2D eigenvalue weighted by molar-refractivity contribution is -0.107. The van der Waals surface area contributed by atoms with Crippen molar-refractivity contribution < 1.29 is 15.0 Å². The standard InChI is InChI=1S/C9H10O3/c1-6-4-7(2-3-10)9(12)5-8(6)11/h3-5,11-12H,2H2,1H3. The largest absolute Gasteiger partial charge is 0.508 e. The van der Waals surface area contributed by atoms with Crippen LogP contribution in [0.2, 0.25) is 0 Å². The molecule has 3 nitrogen and oxygen atoms in total. The maximum atomic E-state index is 10.1. The molecule has 0 spiro atoms. The van der Waals surface area contributed by atoms with Crippen LogP contribution in [0, 0.1) is 6.92 Å². The Bertz CT molecular complexity index is 305. The summed E-state index contributed by atoms with van der Waals surface area (Å²) >= 11 is 0. The van der Waals surface area contributed by atoms with E-state index in [-0.39, 0.29) is 17.9 Å². The molecule has 0 aliphatic carbocycles. The molecule has 1 aromatic carbocycles. The summed E-state index contributed by atoms with van der Waals surface area (Å²) in [6, 6.07) is 2.84. The number of carbonyl (C=O) groups is 1. The molecule has 0 bridgehead atoms. The van der Waals surface area contributed by atoms with Crippen LogP contribution in [0.25, 0.3) is 0 Å². The normalized spacial score (nSPS) is 9.75. The van der Waals surface area contributed by atoms with E-state index < -0.39 is 0 Å². The number of aromatic hydroxyl groups is 2. The van der Waals surface area contributed by atoms with Gasteiger partial charge >= 0.3 is 0 Å². The van der Waals surface area contributed by atoms with E-state index in [0.29, 0.717) is 17.4 Å². The minimum atomic E-state index is -0.0369. The van der Waals surface area contributed by atoms with Gasteiger partial charge in [-0.05, 0) is 18.6 Å². The van der Waals surface area contributed by atoms with Crippen molar-refractivity contribution in [3.63, 3.8) is 0 Å². The Hall–Kier alpha value is -1.51. The molecule has 0 fully saturated rings. The molecular formula is C9H10O3.